The van der Waals surface area contributed by atoms with Crippen molar-refractivity contribution in [1.29, 1.82) is 0 Å². The number of likely N-dealkylation sites (N-methyl/N-ethyl adjacent to an activating group) is 1. The Kier molecular flexibility index (Phi) is 5.56. The maximum atomic E-state index is 11.9. The van der Waals surface area contributed by atoms with Crippen LogP contribution in [0, 0.1) is 0 Å². The molecule has 1 rings (SSSR count). The molecule has 1 heterocycles. The lowest BCUT2D eigenvalue weighted by Crippen LogP contribution is -2.41. The fourth-order valence-electron chi connectivity index (χ4n) is 2.19. The number of hydrogen-bond donors (Lipinski definition) is 1. The van der Waals surface area contributed by atoms with Crippen molar-refractivity contribution in [2.45, 2.75) is 39.3 Å². The topological polar surface area (TPSA) is 59.4 Å². The number of aryl methyl sites for hydroxylation is 1. The zero-order valence-electron chi connectivity index (χ0n) is 13.5. The summed E-state index contributed by atoms with van der Waals surface area (Å²) in [6.07, 6.45) is 0. The molecule has 0 radical (unpaired) electrons. The van der Waals surface area contributed by atoms with Gasteiger partial charge in [-0.1, -0.05) is 13.8 Å². The monoisotopic (exact) mass is 282 g/mol. The van der Waals surface area contributed by atoms with Crippen LogP contribution < -0.4 is 10.1 Å². The largest absolute Gasteiger partial charge is 0.481 e. The van der Waals surface area contributed by atoms with Gasteiger partial charge in [-0.2, -0.15) is 5.10 Å². The molecule has 0 aromatic carbocycles. The standard InChI is InChI=1S/C14H26N4O2/c1-9(2)12-11(14(20-7)18(6)16-12)8-15-10(3)13(19)17(4)5/h9-10,15H,8H2,1-7H3. The second-order valence-corrected chi connectivity index (χ2v) is 5.49. The predicted octanol–water partition coefficient (Wildman–Crippen LogP) is 1.12. The van der Waals surface area contributed by atoms with Crippen molar-refractivity contribution in [2.75, 3.05) is 21.2 Å². The molecule has 6 heteroatoms. The maximum Gasteiger partial charge on any atom is 0.238 e. The Hall–Kier alpha value is -1.56. The summed E-state index contributed by atoms with van der Waals surface area (Å²) in [6, 6.07) is -0.241. The van der Waals surface area contributed by atoms with Crippen LogP contribution in [0.5, 0.6) is 5.88 Å². The molecule has 0 saturated heterocycles. The van der Waals surface area contributed by atoms with Crippen molar-refractivity contribution in [1.82, 2.24) is 20.0 Å². The Bertz CT molecular complexity index is 466. The maximum absolute atomic E-state index is 11.9. The van der Waals surface area contributed by atoms with Gasteiger partial charge in [0.2, 0.25) is 11.8 Å². The molecule has 1 unspecified atom stereocenters. The summed E-state index contributed by atoms with van der Waals surface area (Å²) in [7, 11) is 7.01. The van der Waals surface area contributed by atoms with Crippen LogP contribution in [0.25, 0.3) is 0 Å². The first-order chi connectivity index (χ1) is 9.29. The summed E-state index contributed by atoms with van der Waals surface area (Å²) in [4.78, 5) is 13.4. The van der Waals surface area contributed by atoms with Gasteiger partial charge in [0, 0.05) is 27.7 Å². The van der Waals surface area contributed by atoms with Crippen LogP contribution >= 0.6 is 0 Å². The zero-order valence-corrected chi connectivity index (χ0v) is 13.5. The highest BCUT2D eigenvalue weighted by molar-refractivity contribution is 5.80. The number of amides is 1. The number of nitrogens with zero attached hydrogens (tertiary/aromatic N) is 3. The lowest BCUT2D eigenvalue weighted by Gasteiger charge is -2.18. The van der Waals surface area contributed by atoms with Crippen molar-refractivity contribution in [3.63, 3.8) is 0 Å². The number of aromatic nitrogens is 2. The lowest BCUT2D eigenvalue weighted by atomic mass is 10.1. The SMILES string of the molecule is COc1c(CNC(C)C(=O)N(C)C)c(C(C)C)nn1C. The molecule has 20 heavy (non-hydrogen) atoms. The van der Waals surface area contributed by atoms with Gasteiger partial charge in [0.05, 0.1) is 24.4 Å². The quantitative estimate of drug-likeness (QED) is 0.849. The van der Waals surface area contributed by atoms with Crippen LogP contribution in [-0.4, -0.2) is 47.8 Å². The Labute approximate surface area is 121 Å². The lowest BCUT2D eigenvalue weighted by molar-refractivity contribution is -0.130. The van der Waals surface area contributed by atoms with E-state index < -0.39 is 0 Å². The smallest absolute Gasteiger partial charge is 0.238 e. The molecule has 0 spiro atoms. The average molecular weight is 282 g/mol. The first-order valence-corrected chi connectivity index (χ1v) is 6.83. The summed E-state index contributed by atoms with van der Waals surface area (Å²) in [5.41, 5.74) is 2.02. The van der Waals surface area contributed by atoms with E-state index in [1.54, 1.807) is 30.8 Å². The van der Waals surface area contributed by atoms with Gasteiger partial charge in [-0.25, -0.2) is 4.68 Å². The minimum atomic E-state index is -0.241. The first-order valence-electron chi connectivity index (χ1n) is 6.83. The molecule has 114 valence electrons. The van der Waals surface area contributed by atoms with Crippen molar-refractivity contribution >= 4 is 5.91 Å². The van der Waals surface area contributed by atoms with Gasteiger partial charge in [-0.3, -0.25) is 4.79 Å². The van der Waals surface area contributed by atoms with Gasteiger partial charge in [0.1, 0.15) is 0 Å². The van der Waals surface area contributed by atoms with Crippen molar-refractivity contribution < 1.29 is 9.53 Å². The Morgan fingerprint density at radius 2 is 2.00 bits per heavy atom. The van der Waals surface area contributed by atoms with Crippen molar-refractivity contribution in [3.05, 3.63) is 11.3 Å². The fourth-order valence-corrected chi connectivity index (χ4v) is 2.19. The Balaban J connectivity index is 2.89. The van der Waals surface area contributed by atoms with E-state index in [1.165, 1.54) is 0 Å². The fraction of sp³-hybridized carbons (Fsp3) is 0.714. The summed E-state index contributed by atoms with van der Waals surface area (Å²) < 4.78 is 7.15. The third kappa shape index (κ3) is 3.50. The molecule has 1 aromatic rings. The molecule has 0 fully saturated rings. The molecule has 0 aliphatic rings. The van der Waals surface area contributed by atoms with Crippen LogP contribution in [0.4, 0.5) is 0 Å². The minimum absolute atomic E-state index is 0.0546. The normalized spacial score (nSPS) is 12.6. The van der Waals surface area contributed by atoms with Crippen LogP contribution in [0.1, 0.15) is 37.9 Å². The number of methoxy groups -OCH3 is 1. The first kappa shape index (κ1) is 16.5. The molecule has 1 atom stereocenters. The molecule has 0 aliphatic carbocycles. The van der Waals surface area contributed by atoms with Crippen molar-refractivity contribution in [2.24, 2.45) is 7.05 Å². The van der Waals surface area contributed by atoms with E-state index in [4.69, 9.17) is 4.74 Å². The number of carbonyl (C=O) groups excluding carboxylic acids is 1. The average Bonchev–Trinajstić information content (AvgIpc) is 2.71. The number of ether oxygens (including phenoxy) is 1. The van der Waals surface area contributed by atoms with Gasteiger partial charge in [-0.15, -0.1) is 0 Å². The molecule has 1 aromatic heterocycles. The minimum Gasteiger partial charge on any atom is -0.481 e. The second-order valence-electron chi connectivity index (χ2n) is 5.49. The van der Waals surface area contributed by atoms with E-state index >= 15 is 0 Å². The van der Waals surface area contributed by atoms with Crippen LogP contribution in [-0.2, 0) is 18.4 Å². The van der Waals surface area contributed by atoms with Gasteiger partial charge < -0.3 is 15.0 Å². The van der Waals surface area contributed by atoms with Gasteiger partial charge in [0.15, 0.2) is 0 Å². The summed E-state index contributed by atoms with van der Waals surface area (Å²) in [6.45, 7) is 6.62. The molecule has 0 aliphatic heterocycles. The second kappa shape index (κ2) is 6.74. The highest BCUT2D eigenvalue weighted by atomic mass is 16.5. The molecule has 6 nitrogen and oxygen atoms in total. The summed E-state index contributed by atoms with van der Waals surface area (Å²) in [5, 5.41) is 7.73. The van der Waals surface area contributed by atoms with E-state index in [9.17, 15) is 4.79 Å². The highest BCUT2D eigenvalue weighted by Crippen LogP contribution is 2.26. The van der Waals surface area contributed by atoms with E-state index in [2.05, 4.69) is 24.3 Å². The van der Waals surface area contributed by atoms with Crippen LogP contribution in [0.2, 0.25) is 0 Å². The molecule has 1 N–H and O–H groups in total. The van der Waals surface area contributed by atoms with Gasteiger partial charge in [0.25, 0.3) is 0 Å². The third-order valence-electron chi connectivity index (χ3n) is 3.26. The van der Waals surface area contributed by atoms with Gasteiger partial charge >= 0.3 is 0 Å². The third-order valence-corrected chi connectivity index (χ3v) is 3.26. The van der Waals surface area contributed by atoms with E-state index in [0.29, 0.717) is 12.5 Å². The molecular weight excluding hydrogens is 256 g/mol. The van der Waals surface area contributed by atoms with Crippen molar-refractivity contribution in [3.8, 4) is 5.88 Å². The van der Waals surface area contributed by atoms with Crippen LogP contribution in [0.15, 0.2) is 0 Å². The number of rotatable bonds is 6. The Morgan fingerprint density at radius 1 is 1.40 bits per heavy atom. The predicted molar refractivity (Wildman–Crippen MR) is 78.8 cm³/mol. The molecule has 1 amide bonds. The van der Waals surface area contributed by atoms with E-state index in [-0.39, 0.29) is 11.9 Å². The molecule has 0 bridgehead atoms. The summed E-state index contributed by atoms with van der Waals surface area (Å²) in [5.74, 6) is 1.10. The van der Waals surface area contributed by atoms with E-state index in [0.717, 1.165) is 17.1 Å². The number of hydrogen-bond acceptors (Lipinski definition) is 4. The van der Waals surface area contributed by atoms with Crippen LogP contribution in [0.3, 0.4) is 0 Å². The molecular formula is C14H26N4O2. The zero-order chi connectivity index (χ0) is 15.4. The number of nitrogens with one attached hydrogen (secondary N) is 1. The Morgan fingerprint density at radius 3 is 2.45 bits per heavy atom. The molecule has 0 saturated carbocycles. The summed E-state index contributed by atoms with van der Waals surface area (Å²) >= 11 is 0. The van der Waals surface area contributed by atoms with Gasteiger partial charge in [-0.05, 0) is 12.8 Å². The number of carbonyl (C=O) groups is 1. The van der Waals surface area contributed by atoms with E-state index in [1.807, 2.05) is 14.0 Å². The highest BCUT2D eigenvalue weighted by Gasteiger charge is 2.21.